The molecule has 1 aliphatic carbocycles. The molecule has 1 fully saturated rings. The fraction of sp³-hybridized carbons (Fsp3) is 0.480. The summed E-state index contributed by atoms with van der Waals surface area (Å²) in [6, 6.07) is 9.35. The number of aromatic nitrogens is 5. The minimum atomic E-state index is -3.65. The second-order valence-corrected chi connectivity index (χ2v) is 18.6. The Balaban J connectivity index is 1.31. The highest BCUT2D eigenvalue weighted by atomic mass is 127. The molecule has 1 aromatic carbocycles. The van der Waals surface area contributed by atoms with E-state index in [2.05, 4.69) is 21.5 Å². The molecule has 40 heavy (non-hydrogen) atoms. The molecule has 0 spiro atoms. The highest BCUT2D eigenvalue weighted by molar-refractivity contribution is 14.2. The Labute approximate surface area is 253 Å². The van der Waals surface area contributed by atoms with E-state index in [9.17, 15) is 13.2 Å². The highest BCUT2D eigenvalue weighted by Crippen LogP contribution is 2.50. The Morgan fingerprint density at radius 1 is 1.32 bits per heavy atom. The molecule has 3 heterocycles. The van der Waals surface area contributed by atoms with Gasteiger partial charge < -0.3 is 9.08 Å². The van der Waals surface area contributed by atoms with E-state index in [4.69, 9.17) is 10.7 Å². The fourth-order valence-electron chi connectivity index (χ4n) is 5.13. The lowest BCUT2D eigenvalue weighted by Crippen LogP contribution is -2.51. The summed E-state index contributed by atoms with van der Waals surface area (Å²) in [4.78, 5) is 15.3. The van der Waals surface area contributed by atoms with Gasteiger partial charge in [-0.25, -0.2) is 13.1 Å². The van der Waals surface area contributed by atoms with E-state index in [0.717, 1.165) is 22.8 Å². The maximum atomic E-state index is 13.7. The Bertz CT molecular complexity index is 1620. The third-order valence-electron chi connectivity index (χ3n) is 7.55. The third kappa shape index (κ3) is 5.43. The Kier molecular flexibility index (Phi) is 7.95. The molecule has 0 N–H and O–H groups in total. The van der Waals surface area contributed by atoms with Gasteiger partial charge in [-0.2, -0.15) is 10.4 Å². The molecule has 0 radical (unpaired) electrons. The SMILES string of the molecule is [3H]P(I)SOCC(C)(C)S(=O)(=O)C1(CN2CCc3c(-c4cn(Cc5ccc(C#N)cc5)nn4)nn(C)c3C2=O)CC1. The van der Waals surface area contributed by atoms with Crippen molar-refractivity contribution < 1.29 is 17.4 Å². The zero-order chi connectivity index (χ0) is 29.6. The van der Waals surface area contributed by atoms with E-state index in [1.54, 1.807) is 53.5 Å². The van der Waals surface area contributed by atoms with Gasteiger partial charge in [-0.05, 0) is 72.8 Å². The molecule has 0 saturated heterocycles. The average molecular weight is 716 g/mol. The summed E-state index contributed by atoms with van der Waals surface area (Å²) in [5.41, 5.74) is 3.92. The molecule has 0 bridgehead atoms. The molecular weight excluding hydrogens is 684 g/mol. The minimum absolute atomic E-state index is 0.0164. The first-order valence-corrected chi connectivity index (χ1v) is 19.1. The van der Waals surface area contributed by atoms with Gasteiger partial charge in [0.1, 0.15) is 17.1 Å². The zero-order valence-corrected chi connectivity index (χ0v) is 26.9. The largest absolute Gasteiger partial charge is 0.335 e. The number of nitriles is 1. The summed E-state index contributed by atoms with van der Waals surface area (Å²) in [7, 11) is -1.94. The van der Waals surface area contributed by atoms with Gasteiger partial charge >= 0.3 is 0 Å². The first-order chi connectivity index (χ1) is 19.4. The monoisotopic (exact) mass is 715 g/mol. The molecular formula is C25H29IN7O4PS2. The number of sulfone groups is 1. The van der Waals surface area contributed by atoms with Crippen LogP contribution < -0.4 is 0 Å². The lowest BCUT2D eigenvalue weighted by molar-refractivity contribution is 0.0724. The summed E-state index contributed by atoms with van der Waals surface area (Å²) in [5, 5.41) is 21.0. The van der Waals surface area contributed by atoms with Crippen LogP contribution in [0.1, 0.15) is 53.9 Å². The van der Waals surface area contributed by atoms with Gasteiger partial charge in [0.2, 0.25) is 0 Å². The second-order valence-electron chi connectivity index (χ2n) is 10.7. The fourth-order valence-corrected chi connectivity index (χ4v) is 9.25. The summed E-state index contributed by atoms with van der Waals surface area (Å²) in [6.07, 6.45) is 3.31. The van der Waals surface area contributed by atoms with Crippen LogP contribution in [0, 0.1) is 11.3 Å². The lowest BCUT2D eigenvalue weighted by Gasteiger charge is -2.35. The van der Waals surface area contributed by atoms with Gasteiger partial charge in [-0.15, -0.1) is 5.10 Å². The lowest BCUT2D eigenvalue weighted by atomic mass is 10.0. The Morgan fingerprint density at radius 2 is 2.05 bits per heavy atom. The van der Waals surface area contributed by atoms with E-state index < -0.39 is 24.7 Å². The number of rotatable bonds is 11. The summed E-state index contributed by atoms with van der Waals surface area (Å²) in [6.45, 7) is 4.27. The van der Waals surface area contributed by atoms with Crippen LogP contribution in [0.2, 0.25) is 0 Å². The van der Waals surface area contributed by atoms with E-state index >= 15 is 0 Å². The molecule has 3 aromatic rings. The maximum absolute atomic E-state index is 13.7. The van der Waals surface area contributed by atoms with Crippen molar-refractivity contribution in [2.75, 3.05) is 19.7 Å². The topological polar surface area (TPSA) is 136 Å². The van der Waals surface area contributed by atoms with E-state index in [1.807, 2.05) is 34.2 Å². The van der Waals surface area contributed by atoms with Gasteiger partial charge in [-0.3, -0.25) is 9.48 Å². The Hall–Kier alpha value is -2.05. The molecule has 5 rings (SSSR count). The maximum Gasteiger partial charge on any atom is 0.272 e. The van der Waals surface area contributed by atoms with Crippen molar-refractivity contribution in [3.8, 4) is 17.5 Å². The summed E-state index contributed by atoms with van der Waals surface area (Å²) in [5.74, 6) is -0.242. The third-order valence-corrected chi connectivity index (χ3v) is 13.0. The molecule has 1 atom stereocenters. The van der Waals surface area contributed by atoms with Crippen LogP contribution in [0.5, 0.6) is 0 Å². The molecule has 1 aliphatic heterocycles. The van der Waals surface area contributed by atoms with Crippen molar-refractivity contribution in [3.63, 3.8) is 0 Å². The molecule has 11 nitrogen and oxygen atoms in total. The van der Waals surface area contributed by atoms with Gasteiger partial charge in [0.05, 0.1) is 41.8 Å². The number of carbonyl (C=O) groups is 1. The number of carbonyl (C=O) groups excluding carboxylic acids is 1. The van der Waals surface area contributed by atoms with E-state index in [0.29, 0.717) is 55.0 Å². The number of halogens is 1. The predicted octanol–water partition coefficient (Wildman–Crippen LogP) is 3.93. The number of fused-ring (bicyclic) bond motifs is 1. The number of amides is 1. The van der Waals surface area contributed by atoms with Gasteiger partial charge in [-0.1, -0.05) is 17.3 Å². The minimum Gasteiger partial charge on any atom is -0.335 e. The van der Waals surface area contributed by atoms with Gasteiger partial charge in [0.25, 0.3) is 5.91 Å². The number of hydrogen-bond donors (Lipinski definition) is 0. The summed E-state index contributed by atoms with van der Waals surface area (Å²) < 4.78 is 41.7. The van der Waals surface area contributed by atoms with Crippen LogP contribution in [0.4, 0.5) is 0 Å². The quantitative estimate of drug-likeness (QED) is 0.164. The molecule has 15 heteroatoms. The van der Waals surface area contributed by atoms with Crippen molar-refractivity contribution in [2.24, 2.45) is 7.05 Å². The highest BCUT2D eigenvalue weighted by Gasteiger charge is 2.61. The van der Waals surface area contributed by atoms with Gasteiger partial charge in [0.15, 0.2) is 9.84 Å². The molecule has 1 unspecified atom stereocenters. The zero-order valence-electron chi connectivity index (χ0n) is 23.2. The van der Waals surface area contributed by atoms with Crippen LogP contribution in [0.15, 0.2) is 30.5 Å². The van der Waals surface area contributed by atoms with Crippen molar-refractivity contribution in [1.29, 1.82) is 6.54 Å². The smallest absolute Gasteiger partial charge is 0.272 e. The number of aryl methyl sites for hydroxylation is 1. The average Bonchev–Trinajstić information content (AvgIpc) is 3.44. The van der Waals surface area contributed by atoms with Crippen molar-refractivity contribution >= 4 is 54.8 Å². The standard InChI is InChI=1S/C25H29IN7O4PS2/c1-24(2,16-37-39-38-26)40(35,36)25(9-10-25)15-32-11-8-19-21(29-31(3)22(19)23(32)34)20-14-33(30-28-20)13-18-6-4-17(12-27)5-7-18/h4-7,14,38H,8-11,13,15-16H2,1-3H3/i38T. The van der Waals surface area contributed by atoms with E-state index in [1.165, 1.54) is 0 Å². The van der Waals surface area contributed by atoms with Crippen LogP contribution in [0.25, 0.3) is 11.4 Å². The first kappa shape index (κ1) is 28.1. The second kappa shape index (κ2) is 11.3. The molecule has 1 amide bonds. The van der Waals surface area contributed by atoms with Crippen LogP contribution in [-0.4, -0.2) is 74.5 Å². The van der Waals surface area contributed by atoms with Crippen molar-refractivity contribution in [3.05, 3.63) is 52.8 Å². The van der Waals surface area contributed by atoms with Crippen molar-refractivity contribution in [2.45, 2.75) is 49.1 Å². The van der Waals surface area contributed by atoms with Crippen molar-refractivity contribution in [1.82, 2.24) is 29.7 Å². The van der Waals surface area contributed by atoms with Gasteiger partial charge in [0, 0.05) is 42.7 Å². The molecule has 212 valence electrons. The van der Waals surface area contributed by atoms with Crippen LogP contribution in [0.3, 0.4) is 0 Å². The van der Waals surface area contributed by atoms with Crippen LogP contribution in [-0.2, 0) is 34.0 Å². The van der Waals surface area contributed by atoms with E-state index in [-0.39, 0.29) is 19.1 Å². The van der Waals surface area contributed by atoms with Crippen LogP contribution >= 0.6 is 39.1 Å². The first-order valence-electron chi connectivity index (χ1n) is 13.1. The number of nitrogens with zero attached hydrogens (tertiary/aromatic N) is 7. The molecule has 2 aromatic heterocycles. The normalized spacial score (nSPS) is 17.7. The number of hydrogen-bond acceptors (Lipinski definition) is 9. The molecule has 1 saturated carbocycles. The predicted molar refractivity (Wildman–Crippen MR) is 163 cm³/mol. The number of benzene rings is 1. The molecule has 2 aliphatic rings. The summed E-state index contributed by atoms with van der Waals surface area (Å²) >= 11 is 2.95. The Morgan fingerprint density at radius 3 is 2.70 bits per heavy atom.